The topological polar surface area (TPSA) is 59.0 Å². The largest absolute Gasteiger partial charge is 0.484 e. The molecule has 6 heteroatoms. The molecule has 0 radical (unpaired) electrons. The zero-order valence-corrected chi connectivity index (χ0v) is 12.2. The standard InChI is InChI=1S/C15H20FNO4/c1-17(12-7-8-13(20-2)15(12)19)14(18)9-21-11-5-3-10(16)4-6-11/h3-6,12-13,15,19H,7-9H2,1-2H3/t12-,13-,15-/m1/s1. The molecule has 0 bridgehead atoms. The SMILES string of the molecule is CO[C@@H]1CC[C@@H](N(C)C(=O)COc2ccc(F)cc2)[C@H]1O. The van der Waals surface area contributed by atoms with Crippen molar-refractivity contribution in [1.82, 2.24) is 4.90 Å². The lowest BCUT2D eigenvalue weighted by Crippen LogP contribution is -2.46. The number of hydrogen-bond donors (Lipinski definition) is 1. The van der Waals surface area contributed by atoms with Crippen LogP contribution in [0.5, 0.6) is 5.75 Å². The second-order valence-corrected chi connectivity index (χ2v) is 5.16. The van der Waals surface area contributed by atoms with Crippen LogP contribution in [0.15, 0.2) is 24.3 Å². The predicted octanol–water partition coefficient (Wildman–Crippen LogP) is 1.20. The van der Waals surface area contributed by atoms with E-state index >= 15 is 0 Å². The highest BCUT2D eigenvalue weighted by atomic mass is 19.1. The average molecular weight is 297 g/mol. The van der Waals surface area contributed by atoms with E-state index in [4.69, 9.17) is 9.47 Å². The summed E-state index contributed by atoms with van der Waals surface area (Å²) in [6.07, 6.45) is 0.495. The van der Waals surface area contributed by atoms with Gasteiger partial charge in [0.05, 0.1) is 12.1 Å². The first-order valence-electron chi connectivity index (χ1n) is 6.88. The summed E-state index contributed by atoms with van der Waals surface area (Å²) < 4.78 is 23.3. The number of ether oxygens (including phenoxy) is 2. The molecule has 0 heterocycles. The van der Waals surface area contributed by atoms with Crippen molar-refractivity contribution in [1.29, 1.82) is 0 Å². The first-order chi connectivity index (χ1) is 10.0. The van der Waals surface area contributed by atoms with E-state index < -0.39 is 6.10 Å². The van der Waals surface area contributed by atoms with Gasteiger partial charge in [0.25, 0.3) is 5.91 Å². The van der Waals surface area contributed by atoms with Crippen LogP contribution in [-0.4, -0.2) is 54.9 Å². The summed E-state index contributed by atoms with van der Waals surface area (Å²) in [5.74, 6) is -0.162. The number of halogens is 1. The minimum absolute atomic E-state index is 0.150. The number of aliphatic hydroxyl groups excluding tert-OH is 1. The molecule has 0 saturated heterocycles. The van der Waals surface area contributed by atoms with Crippen molar-refractivity contribution in [2.45, 2.75) is 31.1 Å². The van der Waals surface area contributed by atoms with Crippen molar-refractivity contribution in [2.24, 2.45) is 0 Å². The van der Waals surface area contributed by atoms with E-state index in [1.54, 1.807) is 14.2 Å². The summed E-state index contributed by atoms with van der Waals surface area (Å²) >= 11 is 0. The lowest BCUT2D eigenvalue weighted by Gasteiger charge is -2.28. The molecule has 1 amide bonds. The zero-order chi connectivity index (χ0) is 15.4. The van der Waals surface area contributed by atoms with Crippen LogP contribution in [0.4, 0.5) is 4.39 Å². The molecule has 1 aliphatic rings. The van der Waals surface area contributed by atoms with Gasteiger partial charge in [-0.3, -0.25) is 4.79 Å². The van der Waals surface area contributed by atoms with E-state index in [1.807, 2.05) is 0 Å². The van der Waals surface area contributed by atoms with Crippen LogP contribution in [0.1, 0.15) is 12.8 Å². The number of benzene rings is 1. The Balaban J connectivity index is 1.87. The molecule has 5 nitrogen and oxygen atoms in total. The smallest absolute Gasteiger partial charge is 0.260 e. The lowest BCUT2D eigenvalue weighted by molar-refractivity contribution is -0.136. The fourth-order valence-electron chi connectivity index (χ4n) is 2.57. The van der Waals surface area contributed by atoms with Crippen LogP contribution in [0.2, 0.25) is 0 Å². The molecule has 1 saturated carbocycles. The van der Waals surface area contributed by atoms with E-state index in [0.717, 1.165) is 6.42 Å². The number of hydrogen-bond acceptors (Lipinski definition) is 4. The highest BCUT2D eigenvalue weighted by Crippen LogP contribution is 2.26. The first-order valence-corrected chi connectivity index (χ1v) is 6.88. The quantitative estimate of drug-likeness (QED) is 0.887. The number of carbonyl (C=O) groups is 1. The molecule has 1 aromatic rings. The van der Waals surface area contributed by atoms with E-state index in [9.17, 15) is 14.3 Å². The van der Waals surface area contributed by atoms with Crippen LogP contribution < -0.4 is 4.74 Å². The highest BCUT2D eigenvalue weighted by Gasteiger charge is 2.38. The molecule has 0 aromatic heterocycles. The number of methoxy groups -OCH3 is 1. The van der Waals surface area contributed by atoms with E-state index in [1.165, 1.54) is 29.2 Å². The van der Waals surface area contributed by atoms with Crippen LogP contribution in [0, 0.1) is 5.82 Å². The molecular weight excluding hydrogens is 277 g/mol. The molecule has 1 fully saturated rings. The van der Waals surface area contributed by atoms with Crippen molar-refractivity contribution in [2.75, 3.05) is 20.8 Å². The van der Waals surface area contributed by atoms with Gasteiger partial charge in [0.1, 0.15) is 17.7 Å². The molecular formula is C15H20FNO4. The number of amides is 1. The number of nitrogens with zero attached hydrogens (tertiary/aromatic N) is 1. The Morgan fingerprint density at radius 3 is 2.62 bits per heavy atom. The minimum atomic E-state index is -0.685. The van der Waals surface area contributed by atoms with Gasteiger partial charge in [-0.25, -0.2) is 4.39 Å². The summed E-state index contributed by atoms with van der Waals surface area (Å²) in [4.78, 5) is 13.6. The normalized spacial score (nSPS) is 24.9. The van der Waals surface area contributed by atoms with Crippen molar-refractivity contribution < 1.29 is 23.8 Å². The molecule has 2 rings (SSSR count). The van der Waals surface area contributed by atoms with Crippen LogP contribution in [-0.2, 0) is 9.53 Å². The maximum absolute atomic E-state index is 12.8. The third kappa shape index (κ3) is 3.71. The van der Waals surface area contributed by atoms with Gasteiger partial charge in [-0.2, -0.15) is 0 Å². The summed E-state index contributed by atoms with van der Waals surface area (Å²) in [6.45, 7) is -0.150. The second-order valence-electron chi connectivity index (χ2n) is 5.16. The van der Waals surface area contributed by atoms with Gasteiger partial charge >= 0.3 is 0 Å². The monoisotopic (exact) mass is 297 g/mol. The van der Waals surface area contributed by atoms with Gasteiger partial charge < -0.3 is 19.5 Å². The van der Waals surface area contributed by atoms with Crippen LogP contribution in [0.3, 0.4) is 0 Å². The summed E-state index contributed by atoms with van der Waals surface area (Å²) in [5, 5.41) is 10.1. The lowest BCUT2D eigenvalue weighted by atomic mass is 10.2. The molecule has 1 N–H and O–H groups in total. The van der Waals surface area contributed by atoms with Gasteiger partial charge in [-0.05, 0) is 37.1 Å². The van der Waals surface area contributed by atoms with Gasteiger partial charge in [-0.1, -0.05) is 0 Å². The minimum Gasteiger partial charge on any atom is -0.484 e. The Morgan fingerprint density at radius 2 is 2.05 bits per heavy atom. The Morgan fingerprint density at radius 1 is 1.38 bits per heavy atom. The van der Waals surface area contributed by atoms with Crippen molar-refractivity contribution in [3.63, 3.8) is 0 Å². The van der Waals surface area contributed by atoms with Gasteiger partial charge in [0, 0.05) is 14.2 Å². The van der Waals surface area contributed by atoms with Gasteiger partial charge in [0.15, 0.2) is 6.61 Å². The summed E-state index contributed by atoms with van der Waals surface area (Å²) in [6, 6.07) is 5.21. The van der Waals surface area contributed by atoms with E-state index in [0.29, 0.717) is 12.2 Å². The van der Waals surface area contributed by atoms with Crippen molar-refractivity contribution >= 4 is 5.91 Å². The molecule has 116 valence electrons. The molecule has 0 aliphatic heterocycles. The second kappa shape index (κ2) is 6.87. The average Bonchev–Trinajstić information content (AvgIpc) is 2.86. The summed E-state index contributed by atoms with van der Waals surface area (Å²) in [5.41, 5.74) is 0. The molecule has 0 unspecified atom stereocenters. The third-order valence-electron chi connectivity index (χ3n) is 3.89. The first kappa shape index (κ1) is 15.7. The Labute approximate surface area is 123 Å². The van der Waals surface area contributed by atoms with Gasteiger partial charge in [0.2, 0.25) is 0 Å². The molecule has 1 aromatic carbocycles. The molecule has 21 heavy (non-hydrogen) atoms. The Bertz CT molecular complexity index is 479. The maximum Gasteiger partial charge on any atom is 0.260 e. The van der Waals surface area contributed by atoms with Crippen molar-refractivity contribution in [3.8, 4) is 5.75 Å². The van der Waals surface area contributed by atoms with Gasteiger partial charge in [-0.15, -0.1) is 0 Å². The fraction of sp³-hybridized carbons (Fsp3) is 0.533. The maximum atomic E-state index is 12.8. The molecule has 3 atom stereocenters. The zero-order valence-electron chi connectivity index (χ0n) is 12.2. The third-order valence-corrected chi connectivity index (χ3v) is 3.89. The predicted molar refractivity (Wildman–Crippen MR) is 74.5 cm³/mol. The highest BCUT2D eigenvalue weighted by molar-refractivity contribution is 5.78. The van der Waals surface area contributed by atoms with Crippen LogP contribution in [0.25, 0.3) is 0 Å². The molecule has 1 aliphatic carbocycles. The van der Waals surface area contributed by atoms with Crippen molar-refractivity contribution in [3.05, 3.63) is 30.1 Å². The fourth-order valence-corrected chi connectivity index (χ4v) is 2.57. The van der Waals surface area contributed by atoms with E-state index in [-0.39, 0.29) is 30.5 Å². The number of aliphatic hydroxyl groups is 1. The Kier molecular flexibility index (Phi) is 5.14. The number of likely N-dealkylation sites (N-methyl/N-ethyl adjacent to an activating group) is 1. The molecule has 0 spiro atoms. The number of rotatable bonds is 5. The van der Waals surface area contributed by atoms with E-state index in [2.05, 4.69) is 0 Å². The van der Waals surface area contributed by atoms with Crippen LogP contribution >= 0.6 is 0 Å². The number of carbonyl (C=O) groups excluding carboxylic acids is 1. The Hall–Kier alpha value is -1.66. The summed E-state index contributed by atoms with van der Waals surface area (Å²) in [7, 11) is 3.19.